The Morgan fingerprint density at radius 2 is 1.00 bits per heavy atom. The summed E-state index contributed by atoms with van der Waals surface area (Å²) in [6.07, 6.45) is 49.7. The first-order chi connectivity index (χ1) is 26.3. The van der Waals surface area contributed by atoms with E-state index in [1.807, 2.05) is 12.2 Å². The molecule has 308 valence electrons. The fourth-order valence-electron chi connectivity index (χ4n) is 4.80. The van der Waals surface area contributed by atoms with Crippen LogP contribution in [0.25, 0.3) is 0 Å². The van der Waals surface area contributed by atoms with Crippen molar-refractivity contribution in [1.29, 1.82) is 0 Å². The molecule has 0 aromatic carbocycles. The maximum atomic E-state index is 12.5. The highest BCUT2D eigenvalue weighted by Crippen LogP contribution is 2.43. The van der Waals surface area contributed by atoms with Gasteiger partial charge in [0, 0.05) is 6.61 Å². The van der Waals surface area contributed by atoms with Crippen LogP contribution < -0.4 is 0 Å². The van der Waals surface area contributed by atoms with Crippen molar-refractivity contribution in [2.45, 2.75) is 142 Å². The van der Waals surface area contributed by atoms with Crippen LogP contribution in [-0.2, 0) is 27.9 Å². The van der Waals surface area contributed by atoms with E-state index in [-0.39, 0.29) is 13.0 Å². The maximum absolute atomic E-state index is 12.5. The number of rotatable bonds is 37. The summed E-state index contributed by atoms with van der Waals surface area (Å²) < 4.78 is 33.2. The van der Waals surface area contributed by atoms with E-state index in [9.17, 15) is 19.4 Å². The normalized spacial score (nSPS) is 15.1. The van der Waals surface area contributed by atoms with E-state index in [0.29, 0.717) is 13.0 Å². The summed E-state index contributed by atoms with van der Waals surface area (Å²) >= 11 is 0. The Labute approximate surface area is 327 Å². The maximum Gasteiger partial charge on any atom is 0.472 e. The molecule has 3 unspecified atom stereocenters. The van der Waals surface area contributed by atoms with E-state index in [2.05, 4.69) is 92.8 Å². The van der Waals surface area contributed by atoms with Gasteiger partial charge >= 0.3 is 13.8 Å². The SMILES string of the molecule is CC/C=C\C/C=C\C/C=C\C/C=C\C/C=C\CC(=O)OC(COCCCCCCCCCC/C=C\C/C=C\C/C=C\CC)COP(=O)(O)OCC(O)CO. The monoisotopic (exact) mass is 776 g/mol. The molecule has 54 heavy (non-hydrogen) atoms. The second kappa shape index (κ2) is 40.1. The Hall–Kier alpha value is -2.62. The number of aliphatic hydroxyl groups is 2. The molecule has 0 bridgehead atoms. The van der Waals surface area contributed by atoms with Gasteiger partial charge in [0.2, 0.25) is 0 Å². The molecule has 3 N–H and O–H groups in total. The first-order valence-electron chi connectivity index (χ1n) is 20.2. The van der Waals surface area contributed by atoms with Crippen molar-refractivity contribution in [2.75, 3.05) is 33.0 Å². The van der Waals surface area contributed by atoms with Crippen LogP contribution in [0.1, 0.15) is 129 Å². The molecule has 0 aromatic heterocycles. The van der Waals surface area contributed by atoms with E-state index < -0.39 is 45.8 Å². The van der Waals surface area contributed by atoms with Crippen molar-refractivity contribution in [3.63, 3.8) is 0 Å². The van der Waals surface area contributed by atoms with E-state index in [1.54, 1.807) is 6.08 Å². The molecule has 0 heterocycles. The fourth-order valence-corrected chi connectivity index (χ4v) is 5.59. The van der Waals surface area contributed by atoms with Gasteiger partial charge in [0.25, 0.3) is 0 Å². The third-order valence-corrected chi connectivity index (χ3v) is 8.75. The fraction of sp³-hybridized carbons (Fsp3) is 0.614. The number of ether oxygens (including phenoxy) is 2. The Kier molecular flexibility index (Phi) is 38.1. The van der Waals surface area contributed by atoms with Gasteiger partial charge in [-0.1, -0.05) is 150 Å². The number of hydrogen-bond acceptors (Lipinski definition) is 8. The molecule has 10 heteroatoms. The molecule has 0 aliphatic heterocycles. The Morgan fingerprint density at radius 1 is 0.574 bits per heavy atom. The summed E-state index contributed by atoms with van der Waals surface area (Å²) in [6, 6.07) is 0. The summed E-state index contributed by atoms with van der Waals surface area (Å²) in [4.78, 5) is 22.5. The lowest BCUT2D eigenvalue weighted by atomic mass is 10.1. The van der Waals surface area contributed by atoms with E-state index in [4.69, 9.17) is 23.6 Å². The van der Waals surface area contributed by atoms with E-state index in [0.717, 1.165) is 70.6 Å². The summed E-state index contributed by atoms with van der Waals surface area (Å²) in [5.74, 6) is -0.516. The number of esters is 1. The number of hydrogen-bond donors (Lipinski definition) is 3. The summed E-state index contributed by atoms with van der Waals surface area (Å²) in [5, 5.41) is 18.3. The summed E-state index contributed by atoms with van der Waals surface area (Å²) in [6.45, 7) is 3.10. The third-order valence-electron chi connectivity index (χ3n) is 7.80. The Bertz CT molecular complexity index is 1150. The molecule has 0 fully saturated rings. The third kappa shape index (κ3) is 39.1. The number of carbonyl (C=O) groups is 1. The first kappa shape index (κ1) is 51.4. The van der Waals surface area contributed by atoms with Crippen LogP contribution >= 0.6 is 7.82 Å². The Balaban J connectivity index is 4.35. The highest BCUT2D eigenvalue weighted by Gasteiger charge is 2.26. The second-order valence-corrected chi connectivity index (χ2v) is 14.4. The first-order valence-corrected chi connectivity index (χ1v) is 21.7. The minimum atomic E-state index is -4.55. The standard InChI is InChI=1S/C44H73O9P/c1-3-5-7-9-11-13-15-17-19-20-21-23-25-27-29-31-33-35-37-50-40-43(41-52-54(48,49)51-39-42(46)38-45)53-44(47)36-34-32-30-28-26-24-22-18-16-14-12-10-8-6-4-2/h5-8,11-14,17-19,22,26,28,32,34,42-43,45-46H,3-4,9-10,15-16,20-21,23-25,27,29-31,33,35-41H2,1-2H3,(H,48,49)/b7-5-,8-6-,13-11-,14-12-,19-17-,22-18-,28-26-,34-32-. The van der Waals surface area contributed by atoms with Crippen LogP contribution in [0, 0.1) is 0 Å². The van der Waals surface area contributed by atoms with E-state index >= 15 is 0 Å². The summed E-state index contributed by atoms with van der Waals surface area (Å²) in [7, 11) is -4.55. The summed E-state index contributed by atoms with van der Waals surface area (Å²) in [5.41, 5.74) is 0. The topological polar surface area (TPSA) is 132 Å². The molecular weight excluding hydrogens is 703 g/mol. The van der Waals surface area contributed by atoms with Crippen molar-refractivity contribution in [3.05, 3.63) is 97.2 Å². The lowest BCUT2D eigenvalue weighted by molar-refractivity contribution is -0.153. The molecule has 3 atom stereocenters. The van der Waals surface area contributed by atoms with Crippen LogP contribution in [0.15, 0.2) is 97.2 Å². The lowest BCUT2D eigenvalue weighted by Gasteiger charge is -2.20. The van der Waals surface area contributed by atoms with E-state index in [1.165, 1.54) is 32.1 Å². The number of aliphatic hydroxyl groups excluding tert-OH is 2. The van der Waals surface area contributed by atoms with Crippen molar-refractivity contribution in [3.8, 4) is 0 Å². The van der Waals surface area contributed by atoms with Crippen LogP contribution in [0.3, 0.4) is 0 Å². The minimum absolute atomic E-state index is 0.00227. The van der Waals surface area contributed by atoms with Gasteiger partial charge in [0.1, 0.15) is 12.2 Å². The zero-order valence-corrected chi connectivity index (χ0v) is 34.3. The van der Waals surface area contributed by atoms with Crippen molar-refractivity contribution >= 4 is 13.8 Å². The number of unbranched alkanes of at least 4 members (excludes halogenated alkanes) is 8. The minimum Gasteiger partial charge on any atom is -0.457 e. The van der Waals surface area contributed by atoms with Crippen LogP contribution in [-0.4, -0.2) is 66.3 Å². The van der Waals surface area contributed by atoms with Gasteiger partial charge < -0.3 is 24.6 Å². The van der Waals surface area contributed by atoms with Crippen molar-refractivity contribution in [1.82, 2.24) is 0 Å². The largest absolute Gasteiger partial charge is 0.472 e. The Morgan fingerprint density at radius 3 is 1.50 bits per heavy atom. The molecule has 0 amide bonds. The average Bonchev–Trinajstić information content (AvgIpc) is 3.16. The zero-order valence-electron chi connectivity index (χ0n) is 33.4. The number of phosphoric ester groups is 1. The molecule has 0 radical (unpaired) electrons. The van der Waals surface area contributed by atoms with Gasteiger partial charge in [-0.25, -0.2) is 4.57 Å². The smallest absolute Gasteiger partial charge is 0.457 e. The van der Waals surface area contributed by atoms with Crippen molar-refractivity contribution in [2.24, 2.45) is 0 Å². The van der Waals surface area contributed by atoms with Crippen LogP contribution in [0.2, 0.25) is 0 Å². The molecule has 0 saturated heterocycles. The van der Waals surface area contributed by atoms with Gasteiger partial charge in [-0.2, -0.15) is 0 Å². The molecule has 0 aliphatic rings. The number of phosphoric acid groups is 1. The van der Waals surface area contributed by atoms with Gasteiger partial charge in [-0.05, 0) is 70.6 Å². The van der Waals surface area contributed by atoms with Gasteiger partial charge in [-0.15, -0.1) is 0 Å². The predicted octanol–water partition coefficient (Wildman–Crippen LogP) is 10.9. The number of carbonyl (C=O) groups excluding carboxylic acids is 1. The molecule has 0 aromatic rings. The molecule has 0 aliphatic carbocycles. The van der Waals surface area contributed by atoms with Gasteiger partial charge in [0.05, 0.1) is 32.8 Å². The second-order valence-electron chi connectivity index (χ2n) is 12.9. The highest BCUT2D eigenvalue weighted by molar-refractivity contribution is 7.47. The molecule has 0 rings (SSSR count). The van der Waals surface area contributed by atoms with Gasteiger partial charge in [0.15, 0.2) is 0 Å². The molecular formula is C44H73O9P. The zero-order chi connectivity index (χ0) is 39.6. The molecule has 0 saturated carbocycles. The number of allylic oxidation sites excluding steroid dienone is 15. The lowest BCUT2D eigenvalue weighted by Crippen LogP contribution is -2.28. The predicted molar refractivity (Wildman–Crippen MR) is 223 cm³/mol. The van der Waals surface area contributed by atoms with Crippen LogP contribution in [0.5, 0.6) is 0 Å². The van der Waals surface area contributed by atoms with Gasteiger partial charge in [-0.3, -0.25) is 13.8 Å². The molecule has 9 nitrogen and oxygen atoms in total. The van der Waals surface area contributed by atoms with Crippen molar-refractivity contribution < 1.29 is 43.0 Å². The van der Waals surface area contributed by atoms with Crippen LogP contribution in [0.4, 0.5) is 0 Å². The average molecular weight is 777 g/mol. The molecule has 0 spiro atoms. The quantitative estimate of drug-likeness (QED) is 0.0244. The highest BCUT2D eigenvalue weighted by atomic mass is 31.2.